The second-order valence-corrected chi connectivity index (χ2v) is 7.77. The van der Waals surface area contributed by atoms with Crippen molar-refractivity contribution in [1.82, 2.24) is 4.90 Å². The van der Waals surface area contributed by atoms with Gasteiger partial charge in [-0.05, 0) is 53.8 Å². The number of hydrogen-bond acceptors (Lipinski definition) is 4. The number of allylic oxidation sites excluding steroid dienone is 2. The molecule has 2 aliphatic heterocycles. The minimum atomic E-state index is 0.0882. The number of benzene rings is 2. The van der Waals surface area contributed by atoms with Crippen molar-refractivity contribution in [3.63, 3.8) is 0 Å². The van der Waals surface area contributed by atoms with Crippen molar-refractivity contribution in [3.05, 3.63) is 71.3 Å². The first-order valence-corrected chi connectivity index (χ1v) is 9.94. The number of anilines is 1. The van der Waals surface area contributed by atoms with Gasteiger partial charge in [-0.2, -0.15) is 0 Å². The van der Waals surface area contributed by atoms with E-state index in [-0.39, 0.29) is 17.7 Å². The molecule has 144 valence electrons. The molecule has 1 aliphatic carbocycles. The van der Waals surface area contributed by atoms with E-state index < -0.39 is 0 Å². The fourth-order valence-corrected chi connectivity index (χ4v) is 4.69. The maximum atomic E-state index is 12.9. The molecule has 3 aliphatic rings. The van der Waals surface area contributed by atoms with Crippen LogP contribution in [0.4, 0.5) is 5.69 Å². The number of aromatic hydroxyl groups is 1. The zero-order valence-electron chi connectivity index (χ0n) is 15.7. The first-order valence-electron chi connectivity index (χ1n) is 9.94. The molecule has 5 rings (SSSR count). The van der Waals surface area contributed by atoms with Crippen molar-refractivity contribution in [2.24, 2.45) is 5.92 Å². The summed E-state index contributed by atoms with van der Waals surface area (Å²) < 4.78 is 5.37. The highest BCUT2D eigenvalue weighted by Crippen LogP contribution is 2.50. The molecule has 5 heteroatoms. The molecule has 2 aromatic carbocycles. The molecule has 28 heavy (non-hydrogen) atoms. The molecule has 0 spiro atoms. The van der Waals surface area contributed by atoms with Gasteiger partial charge in [-0.3, -0.25) is 4.79 Å². The molecule has 3 atom stereocenters. The van der Waals surface area contributed by atoms with E-state index in [1.54, 1.807) is 12.1 Å². The maximum Gasteiger partial charge on any atom is 0.254 e. The van der Waals surface area contributed by atoms with Crippen LogP contribution in [0.25, 0.3) is 0 Å². The van der Waals surface area contributed by atoms with Gasteiger partial charge in [0.15, 0.2) is 0 Å². The molecule has 2 heterocycles. The second-order valence-electron chi connectivity index (χ2n) is 7.77. The Morgan fingerprint density at radius 1 is 1.11 bits per heavy atom. The number of fused-ring (bicyclic) bond motifs is 3. The van der Waals surface area contributed by atoms with Gasteiger partial charge in [-0.1, -0.05) is 24.3 Å². The monoisotopic (exact) mass is 376 g/mol. The summed E-state index contributed by atoms with van der Waals surface area (Å²) in [6, 6.07) is 13.7. The van der Waals surface area contributed by atoms with Gasteiger partial charge in [-0.25, -0.2) is 0 Å². The van der Waals surface area contributed by atoms with Gasteiger partial charge >= 0.3 is 0 Å². The van der Waals surface area contributed by atoms with Gasteiger partial charge in [0, 0.05) is 30.3 Å². The third-order valence-corrected chi connectivity index (χ3v) is 6.16. The van der Waals surface area contributed by atoms with Crippen LogP contribution in [-0.2, 0) is 4.74 Å². The van der Waals surface area contributed by atoms with Crippen molar-refractivity contribution in [2.75, 3.05) is 31.6 Å². The minimum Gasteiger partial charge on any atom is -0.508 e. The molecule has 0 bridgehead atoms. The van der Waals surface area contributed by atoms with Gasteiger partial charge in [0.1, 0.15) is 5.75 Å². The van der Waals surface area contributed by atoms with E-state index in [4.69, 9.17) is 4.74 Å². The van der Waals surface area contributed by atoms with Crippen LogP contribution in [0.1, 0.15) is 39.9 Å². The average Bonchev–Trinajstić information content (AvgIpc) is 3.24. The molecular formula is C23H24N2O3. The lowest BCUT2D eigenvalue weighted by Crippen LogP contribution is -2.40. The Balaban J connectivity index is 1.47. The molecule has 1 fully saturated rings. The first kappa shape index (κ1) is 17.3. The molecule has 2 N–H and O–H groups in total. The number of phenolic OH excluding ortho intramolecular Hbond substituents is 1. The van der Waals surface area contributed by atoms with Crippen LogP contribution in [0.2, 0.25) is 0 Å². The smallest absolute Gasteiger partial charge is 0.254 e. The lowest BCUT2D eigenvalue weighted by atomic mass is 9.76. The normalized spacial score (nSPS) is 25.7. The number of rotatable bonds is 2. The standard InChI is InChI=1S/C23H24N2O3/c26-17-7-4-15(5-8-17)22-19-3-1-2-18(19)20-14-16(6-9-21(20)24-22)23(27)25-10-12-28-13-11-25/h1-2,4-9,14,18-19,22,24,26H,3,10-13H2. The molecule has 2 aromatic rings. The number of phenols is 1. The van der Waals surface area contributed by atoms with E-state index in [2.05, 4.69) is 23.5 Å². The van der Waals surface area contributed by atoms with Crippen LogP contribution in [0.15, 0.2) is 54.6 Å². The van der Waals surface area contributed by atoms with Gasteiger partial charge in [0.25, 0.3) is 5.91 Å². The Morgan fingerprint density at radius 3 is 2.68 bits per heavy atom. The number of ether oxygens (including phenoxy) is 1. The lowest BCUT2D eigenvalue weighted by molar-refractivity contribution is 0.0303. The zero-order valence-corrected chi connectivity index (χ0v) is 15.7. The van der Waals surface area contributed by atoms with Crippen molar-refractivity contribution in [1.29, 1.82) is 0 Å². The van der Waals surface area contributed by atoms with Crippen LogP contribution in [0.5, 0.6) is 5.75 Å². The molecule has 5 nitrogen and oxygen atoms in total. The van der Waals surface area contributed by atoms with Crippen LogP contribution < -0.4 is 5.32 Å². The van der Waals surface area contributed by atoms with Crippen LogP contribution >= 0.6 is 0 Å². The predicted molar refractivity (Wildman–Crippen MR) is 108 cm³/mol. The van der Waals surface area contributed by atoms with Crippen LogP contribution in [-0.4, -0.2) is 42.2 Å². The average molecular weight is 376 g/mol. The van der Waals surface area contributed by atoms with Gasteiger partial charge in [-0.15, -0.1) is 0 Å². The maximum absolute atomic E-state index is 12.9. The van der Waals surface area contributed by atoms with E-state index in [1.165, 1.54) is 11.1 Å². The Hall–Kier alpha value is -2.79. The van der Waals surface area contributed by atoms with E-state index in [1.807, 2.05) is 29.2 Å². The fraction of sp³-hybridized carbons (Fsp3) is 0.348. The molecule has 0 radical (unpaired) electrons. The van der Waals surface area contributed by atoms with Crippen molar-refractivity contribution >= 4 is 11.6 Å². The first-order chi connectivity index (χ1) is 13.7. The summed E-state index contributed by atoms with van der Waals surface area (Å²) in [5, 5.41) is 13.3. The summed E-state index contributed by atoms with van der Waals surface area (Å²) in [6.45, 7) is 2.53. The third kappa shape index (κ3) is 2.96. The largest absolute Gasteiger partial charge is 0.508 e. The molecule has 1 saturated heterocycles. The second kappa shape index (κ2) is 6.99. The van der Waals surface area contributed by atoms with Gasteiger partial charge in [0.05, 0.1) is 19.3 Å². The number of morpholine rings is 1. The minimum absolute atomic E-state index is 0.0882. The number of nitrogens with zero attached hydrogens (tertiary/aromatic N) is 1. The molecular weight excluding hydrogens is 352 g/mol. The van der Waals surface area contributed by atoms with Crippen LogP contribution in [0, 0.1) is 5.92 Å². The number of hydrogen-bond donors (Lipinski definition) is 2. The highest BCUT2D eigenvalue weighted by Gasteiger charge is 2.38. The van der Waals surface area contributed by atoms with E-state index in [0.717, 1.165) is 17.7 Å². The third-order valence-electron chi connectivity index (χ3n) is 6.16. The highest BCUT2D eigenvalue weighted by atomic mass is 16.5. The summed E-state index contributed by atoms with van der Waals surface area (Å²) in [6.07, 6.45) is 5.53. The van der Waals surface area contributed by atoms with E-state index in [9.17, 15) is 9.90 Å². The summed E-state index contributed by atoms with van der Waals surface area (Å²) in [5.74, 6) is 1.08. The SMILES string of the molecule is O=C(c1ccc2c(c1)C1C=CCC1C(c1ccc(O)cc1)N2)N1CCOCC1. The number of amides is 1. The van der Waals surface area contributed by atoms with Crippen LogP contribution in [0.3, 0.4) is 0 Å². The predicted octanol–water partition coefficient (Wildman–Crippen LogP) is 3.69. The molecule has 3 unspecified atom stereocenters. The Bertz CT molecular complexity index is 916. The zero-order chi connectivity index (χ0) is 19.1. The Labute approximate surface area is 164 Å². The van der Waals surface area contributed by atoms with Crippen molar-refractivity contribution in [2.45, 2.75) is 18.4 Å². The summed E-state index contributed by atoms with van der Waals surface area (Å²) in [5.41, 5.74) is 4.22. The van der Waals surface area contributed by atoms with E-state index in [0.29, 0.717) is 38.1 Å². The highest BCUT2D eigenvalue weighted by molar-refractivity contribution is 5.95. The summed E-state index contributed by atoms with van der Waals surface area (Å²) in [7, 11) is 0. The Morgan fingerprint density at radius 2 is 1.89 bits per heavy atom. The summed E-state index contributed by atoms with van der Waals surface area (Å²) in [4.78, 5) is 14.8. The topological polar surface area (TPSA) is 61.8 Å². The van der Waals surface area contributed by atoms with Gasteiger partial charge < -0.3 is 20.1 Å². The van der Waals surface area contributed by atoms with Gasteiger partial charge in [0.2, 0.25) is 0 Å². The van der Waals surface area contributed by atoms with E-state index >= 15 is 0 Å². The Kier molecular flexibility index (Phi) is 4.32. The quantitative estimate of drug-likeness (QED) is 0.785. The lowest BCUT2D eigenvalue weighted by Gasteiger charge is -2.38. The number of carbonyl (C=O) groups excluding carboxylic acids is 1. The van der Waals surface area contributed by atoms with Crippen molar-refractivity contribution < 1.29 is 14.6 Å². The summed E-state index contributed by atoms with van der Waals surface area (Å²) >= 11 is 0. The molecule has 0 aromatic heterocycles. The fourth-order valence-electron chi connectivity index (χ4n) is 4.69. The molecule has 1 amide bonds. The van der Waals surface area contributed by atoms with Crippen molar-refractivity contribution in [3.8, 4) is 5.75 Å². The number of carbonyl (C=O) groups is 1. The molecule has 0 saturated carbocycles. The number of nitrogens with one attached hydrogen (secondary N) is 1.